The second-order valence-corrected chi connectivity index (χ2v) is 10.4. The van der Waals surface area contributed by atoms with Crippen LogP contribution in [0.3, 0.4) is 0 Å². The highest BCUT2D eigenvalue weighted by atomic mass is 16.5. The van der Waals surface area contributed by atoms with Crippen LogP contribution in [0.4, 0.5) is 0 Å². The van der Waals surface area contributed by atoms with E-state index >= 15 is 0 Å². The SMILES string of the molecule is CCC(C(=O)NC(C)(C(=O)O)C(C)CN1C(=O)CCC(N2C(=O)c3ccccc3C2=O)C1=O)C1CNCCO1. The Hall–Kier alpha value is -3.64. The van der Waals surface area contributed by atoms with Crippen LogP contribution in [0.2, 0.25) is 0 Å². The smallest absolute Gasteiger partial charge is 0.329 e. The Bertz CT molecular complexity index is 1160. The Balaban J connectivity index is 1.51. The van der Waals surface area contributed by atoms with Crippen LogP contribution in [0, 0.1) is 11.8 Å². The summed E-state index contributed by atoms with van der Waals surface area (Å²) >= 11 is 0. The molecule has 3 N–H and O–H groups in total. The van der Waals surface area contributed by atoms with Crippen LogP contribution >= 0.6 is 0 Å². The van der Waals surface area contributed by atoms with Crippen LogP contribution in [0.25, 0.3) is 0 Å². The Morgan fingerprint density at radius 1 is 1.18 bits per heavy atom. The molecule has 0 saturated carbocycles. The monoisotopic (exact) mass is 542 g/mol. The van der Waals surface area contributed by atoms with Gasteiger partial charge in [-0.25, -0.2) is 4.79 Å². The lowest BCUT2D eigenvalue weighted by Crippen LogP contribution is -2.63. The minimum Gasteiger partial charge on any atom is -0.480 e. The predicted molar refractivity (Wildman–Crippen MR) is 136 cm³/mol. The van der Waals surface area contributed by atoms with Crippen molar-refractivity contribution in [2.24, 2.45) is 11.8 Å². The molecule has 5 amide bonds. The first-order valence-corrected chi connectivity index (χ1v) is 13.2. The van der Waals surface area contributed by atoms with Crippen molar-refractivity contribution in [3.63, 3.8) is 0 Å². The third kappa shape index (κ3) is 5.18. The average Bonchev–Trinajstić information content (AvgIpc) is 3.17. The summed E-state index contributed by atoms with van der Waals surface area (Å²) in [4.78, 5) is 79.7. The maximum atomic E-state index is 13.5. The van der Waals surface area contributed by atoms with Gasteiger partial charge in [0.2, 0.25) is 11.8 Å². The molecule has 0 bridgehead atoms. The fourth-order valence-corrected chi connectivity index (χ4v) is 5.40. The van der Waals surface area contributed by atoms with E-state index in [4.69, 9.17) is 4.74 Å². The molecule has 0 radical (unpaired) electrons. The molecule has 4 rings (SSSR count). The molecule has 0 aliphatic carbocycles. The van der Waals surface area contributed by atoms with E-state index in [2.05, 4.69) is 10.6 Å². The number of carboxylic acid groups (broad SMARTS) is 1. The quantitative estimate of drug-likeness (QED) is 0.375. The van der Waals surface area contributed by atoms with Crippen molar-refractivity contribution in [3.05, 3.63) is 35.4 Å². The van der Waals surface area contributed by atoms with E-state index in [-0.39, 0.29) is 30.5 Å². The molecule has 12 heteroatoms. The summed E-state index contributed by atoms with van der Waals surface area (Å²) in [6.07, 6.45) is -0.110. The molecule has 5 unspecified atom stereocenters. The van der Waals surface area contributed by atoms with Gasteiger partial charge in [0.05, 0.1) is 29.8 Å². The molecular formula is C27H34N4O8. The molecule has 1 aromatic rings. The normalized spacial score (nSPS) is 24.7. The van der Waals surface area contributed by atoms with Gasteiger partial charge in [0, 0.05) is 32.0 Å². The van der Waals surface area contributed by atoms with Gasteiger partial charge in [0.1, 0.15) is 11.6 Å². The van der Waals surface area contributed by atoms with Gasteiger partial charge in [-0.05, 0) is 31.9 Å². The highest BCUT2D eigenvalue weighted by molar-refractivity contribution is 6.23. The number of nitrogens with one attached hydrogen (secondary N) is 2. The van der Waals surface area contributed by atoms with Crippen molar-refractivity contribution >= 4 is 35.5 Å². The maximum absolute atomic E-state index is 13.5. The standard InChI is InChI=1S/C27H34N4O8/c1-4-16(20-13-28-11-12-39-20)22(33)29-27(3,26(37)38)15(2)14-30-21(32)10-9-19(25(30)36)31-23(34)17-7-5-6-8-18(17)24(31)35/h5-8,15-16,19-20,28H,4,9-14H2,1-3H3,(H,29,33)(H,37,38). The number of piperidine rings is 1. The van der Waals surface area contributed by atoms with E-state index in [0.29, 0.717) is 26.1 Å². The number of nitrogens with zero attached hydrogens (tertiary/aromatic N) is 2. The average molecular weight is 543 g/mol. The number of carbonyl (C=O) groups is 6. The van der Waals surface area contributed by atoms with E-state index in [1.807, 2.05) is 6.92 Å². The molecule has 5 atom stereocenters. The number of amides is 5. The Morgan fingerprint density at radius 2 is 1.82 bits per heavy atom. The Kier molecular flexibility index (Phi) is 8.17. The fraction of sp³-hybridized carbons (Fsp3) is 0.556. The fourth-order valence-electron chi connectivity index (χ4n) is 5.40. The molecule has 3 aliphatic heterocycles. The second kappa shape index (κ2) is 11.2. The van der Waals surface area contributed by atoms with Gasteiger partial charge < -0.3 is 20.5 Å². The molecule has 2 saturated heterocycles. The lowest BCUT2D eigenvalue weighted by Gasteiger charge is -2.40. The third-order valence-electron chi connectivity index (χ3n) is 8.07. The van der Waals surface area contributed by atoms with Crippen molar-refractivity contribution < 1.29 is 38.6 Å². The molecule has 39 heavy (non-hydrogen) atoms. The number of morpholine rings is 1. The van der Waals surface area contributed by atoms with Crippen LogP contribution < -0.4 is 10.6 Å². The highest BCUT2D eigenvalue weighted by Gasteiger charge is 2.49. The summed E-state index contributed by atoms with van der Waals surface area (Å²) < 4.78 is 5.71. The number of carboxylic acids is 1. The Labute approximate surface area is 226 Å². The van der Waals surface area contributed by atoms with Gasteiger partial charge in [-0.1, -0.05) is 26.0 Å². The minimum atomic E-state index is -1.82. The lowest BCUT2D eigenvalue weighted by atomic mass is 9.84. The van der Waals surface area contributed by atoms with Gasteiger partial charge in [0.25, 0.3) is 17.7 Å². The van der Waals surface area contributed by atoms with Gasteiger partial charge in [0.15, 0.2) is 0 Å². The third-order valence-corrected chi connectivity index (χ3v) is 8.07. The maximum Gasteiger partial charge on any atom is 0.329 e. The molecule has 0 aromatic heterocycles. The second-order valence-electron chi connectivity index (χ2n) is 10.4. The topological polar surface area (TPSA) is 162 Å². The molecule has 12 nitrogen and oxygen atoms in total. The molecule has 210 valence electrons. The first-order valence-electron chi connectivity index (χ1n) is 13.2. The summed E-state index contributed by atoms with van der Waals surface area (Å²) in [6.45, 7) is 5.92. The van der Waals surface area contributed by atoms with Gasteiger partial charge in [-0.15, -0.1) is 0 Å². The van der Waals surface area contributed by atoms with E-state index in [0.717, 1.165) is 9.80 Å². The van der Waals surface area contributed by atoms with E-state index in [1.54, 1.807) is 12.1 Å². The molecule has 1 aromatic carbocycles. The van der Waals surface area contributed by atoms with Crippen molar-refractivity contribution in [2.75, 3.05) is 26.2 Å². The van der Waals surface area contributed by atoms with Gasteiger partial charge in [-0.2, -0.15) is 0 Å². The number of ether oxygens (including phenoxy) is 1. The number of rotatable bonds is 9. The Morgan fingerprint density at radius 3 is 2.36 bits per heavy atom. The zero-order valence-electron chi connectivity index (χ0n) is 22.3. The van der Waals surface area contributed by atoms with E-state index < -0.39 is 65.0 Å². The lowest BCUT2D eigenvalue weighted by molar-refractivity contribution is -0.157. The highest BCUT2D eigenvalue weighted by Crippen LogP contribution is 2.30. The summed E-state index contributed by atoms with van der Waals surface area (Å²) in [7, 11) is 0. The van der Waals surface area contributed by atoms with E-state index in [1.165, 1.54) is 26.0 Å². The van der Waals surface area contributed by atoms with E-state index in [9.17, 15) is 33.9 Å². The number of hydrogen-bond donors (Lipinski definition) is 3. The van der Waals surface area contributed by atoms with Crippen molar-refractivity contribution in [1.82, 2.24) is 20.4 Å². The van der Waals surface area contributed by atoms with Crippen molar-refractivity contribution in [2.45, 2.75) is 57.7 Å². The minimum absolute atomic E-state index is 0.0193. The molecular weight excluding hydrogens is 508 g/mol. The predicted octanol–water partition coefficient (Wildman–Crippen LogP) is 0.410. The summed E-state index contributed by atoms with van der Waals surface area (Å²) in [5.41, 5.74) is -1.44. The molecule has 3 heterocycles. The van der Waals surface area contributed by atoms with Crippen molar-refractivity contribution in [3.8, 4) is 0 Å². The number of benzene rings is 1. The summed E-state index contributed by atoms with van der Waals surface area (Å²) in [6, 6.07) is 5.07. The molecule has 3 aliphatic rings. The van der Waals surface area contributed by atoms with Crippen molar-refractivity contribution in [1.29, 1.82) is 0 Å². The summed E-state index contributed by atoms with van der Waals surface area (Å²) in [5, 5.41) is 15.9. The number of aliphatic carboxylic acids is 1. The number of likely N-dealkylation sites (tertiary alicyclic amines) is 1. The number of carbonyl (C=O) groups excluding carboxylic acids is 5. The van der Waals surface area contributed by atoms with Crippen LogP contribution in [-0.2, 0) is 23.9 Å². The first kappa shape index (κ1) is 28.4. The summed E-state index contributed by atoms with van der Waals surface area (Å²) in [5.74, 6) is -5.83. The molecule has 0 spiro atoms. The zero-order chi connectivity index (χ0) is 28.5. The van der Waals surface area contributed by atoms with Gasteiger partial charge >= 0.3 is 5.97 Å². The first-order chi connectivity index (χ1) is 18.5. The van der Waals surface area contributed by atoms with Crippen LogP contribution in [0.1, 0.15) is 60.7 Å². The van der Waals surface area contributed by atoms with Crippen LogP contribution in [0.5, 0.6) is 0 Å². The number of imide groups is 2. The largest absolute Gasteiger partial charge is 0.480 e. The number of hydrogen-bond acceptors (Lipinski definition) is 8. The number of fused-ring (bicyclic) bond motifs is 1. The van der Waals surface area contributed by atoms with Crippen LogP contribution in [0.15, 0.2) is 24.3 Å². The van der Waals surface area contributed by atoms with Crippen LogP contribution in [-0.4, -0.2) is 94.3 Å². The zero-order valence-corrected chi connectivity index (χ0v) is 22.3. The molecule has 2 fully saturated rings. The van der Waals surface area contributed by atoms with Gasteiger partial charge in [-0.3, -0.25) is 33.8 Å².